The van der Waals surface area contributed by atoms with Gasteiger partial charge in [0.1, 0.15) is 30.9 Å². The van der Waals surface area contributed by atoms with Crippen LogP contribution < -0.4 is 0 Å². The number of ether oxygens (including phenoxy) is 10. The molecule has 0 N–H and O–H groups in total. The highest BCUT2D eigenvalue weighted by molar-refractivity contribution is 8.00. The molecule has 2 fully saturated rings. The van der Waals surface area contributed by atoms with Gasteiger partial charge in [-0.25, -0.2) is 0 Å². The van der Waals surface area contributed by atoms with Crippen molar-refractivity contribution in [2.24, 2.45) is 0 Å². The lowest BCUT2D eigenvalue weighted by Crippen LogP contribution is -2.64. The summed E-state index contributed by atoms with van der Waals surface area (Å²) in [6.07, 6.45) is -9.48. The van der Waals surface area contributed by atoms with Crippen molar-refractivity contribution in [3.8, 4) is 0 Å². The molecule has 2 heterocycles. The number of rotatable bonds is 14. The van der Waals surface area contributed by atoms with E-state index in [0.29, 0.717) is 0 Å². The molecule has 10 atom stereocenters. The monoisotopic (exact) mass is 692 g/mol. The lowest BCUT2D eigenvalue weighted by Gasteiger charge is -2.48. The van der Waals surface area contributed by atoms with E-state index in [1.54, 1.807) is 0 Å². The molecular formula is C29H40O17S. The Labute approximate surface area is 275 Å². The van der Waals surface area contributed by atoms with E-state index in [9.17, 15) is 33.6 Å². The fourth-order valence-electron chi connectivity index (χ4n) is 4.77. The van der Waals surface area contributed by atoms with E-state index < -0.39 is 115 Å². The lowest BCUT2D eigenvalue weighted by atomic mass is 9.99. The molecule has 2 saturated heterocycles. The van der Waals surface area contributed by atoms with Gasteiger partial charge in [-0.1, -0.05) is 6.08 Å². The zero-order chi connectivity index (χ0) is 35.4. The van der Waals surface area contributed by atoms with Gasteiger partial charge >= 0.3 is 41.8 Å². The summed E-state index contributed by atoms with van der Waals surface area (Å²) in [6.45, 7) is 10.4. The lowest BCUT2D eigenvalue weighted by molar-refractivity contribution is -0.261. The Morgan fingerprint density at radius 2 is 0.979 bits per heavy atom. The molecule has 0 radical (unpaired) electrons. The maximum atomic E-state index is 12.4. The summed E-state index contributed by atoms with van der Waals surface area (Å²) >= 11 is 0.815. The third kappa shape index (κ3) is 12.4. The van der Waals surface area contributed by atoms with Gasteiger partial charge in [-0.05, 0) is 0 Å². The van der Waals surface area contributed by atoms with Crippen molar-refractivity contribution < 1.29 is 80.9 Å². The van der Waals surface area contributed by atoms with E-state index in [1.165, 1.54) is 6.08 Å². The number of thioether (sulfide) groups is 1. The van der Waals surface area contributed by atoms with Crippen LogP contribution in [0.5, 0.6) is 0 Å². The summed E-state index contributed by atoms with van der Waals surface area (Å²) in [7, 11) is 0. The first-order valence-electron chi connectivity index (χ1n) is 14.4. The summed E-state index contributed by atoms with van der Waals surface area (Å²) in [6, 6.07) is 0. The Kier molecular flexibility index (Phi) is 15.6. The van der Waals surface area contributed by atoms with Crippen molar-refractivity contribution in [3.63, 3.8) is 0 Å². The van der Waals surface area contributed by atoms with E-state index >= 15 is 0 Å². The number of carbonyl (C=O) groups excluding carboxylic acids is 7. The van der Waals surface area contributed by atoms with E-state index in [-0.39, 0.29) is 6.61 Å². The molecule has 2 aliphatic rings. The van der Waals surface area contributed by atoms with E-state index in [4.69, 9.17) is 47.4 Å². The van der Waals surface area contributed by atoms with Crippen LogP contribution in [0.15, 0.2) is 12.7 Å². The number of carbonyl (C=O) groups is 7. The summed E-state index contributed by atoms with van der Waals surface area (Å²) < 4.78 is 56.0. The molecule has 2 aliphatic heterocycles. The van der Waals surface area contributed by atoms with Gasteiger partial charge < -0.3 is 47.4 Å². The minimum absolute atomic E-state index is 0.0917. The normalized spacial score (nSPS) is 30.1. The smallest absolute Gasteiger partial charge is 0.303 e. The second-order valence-corrected chi connectivity index (χ2v) is 11.6. The van der Waals surface area contributed by atoms with Gasteiger partial charge in [-0.2, -0.15) is 0 Å². The van der Waals surface area contributed by atoms with Crippen molar-refractivity contribution in [1.29, 1.82) is 0 Å². The largest absolute Gasteiger partial charge is 0.463 e. The molecule has 0 saturated carbocycles. The van der Waals surface area contributed by atoms with Crippen molar-refractivity contribution in [3.05, 3.63) is 12.7 Å². The van der Waals surface area contributed by atoms with Crippen LogP contribution in [0.2, 0.25) is 0 Å². The van der Waals surface area contributed by atoms with Crippen LogP contribution in [0, 0.1) is 0 Å². The fourth-order valence-corrected chi connectivity index (χ4v) is 6.28. The Morgan fingerprint density at radius 3 is 1.43 bits per heavy atom. The Balaban J connectivity index is 2.70. The predicted octanol–water partition coefficient (Wildman–Crippen LogP) is 0.525. The number of esters is 7. The minimum atomic E-state index is -1.49. The van der Waals surface area contributed by atoms with Gasteiger partial charge in [-0.15, -0.1) is 18.3 Å². The Morgan fingerprint density at radius 1 is 0.574 bits per heavy atom. The van der Waals surface area contributed by atoms with Crippen molar-refractivity contribution in [2.45, 2.75) is 108 Å². The minimum Gasteiger partial charge on any atom is -0.463 e. The first kappa shape index (κ1) is 39.4. The molecule has 18 heteroatoms. The average molecular weight is 693 g/mol. The Hall–Kier alpha value is -3.74. The molecule has 0 spiro atoms. The maximum Gasteiger partial charge on any atom is 0.303 e. The zero-order valence-corrected chi connectivity index (χ0v) is 27.8. The number of hydrogen-bond acceptors (Lipinski definition) is 18. The van der Waals surface area contributed by atoms with E-state index in [2.05, 4.69) is 6.58 Å². The van der Waals surface area contributed by atoms with Gasteiger partial charge in [0, 0.05) is 48.5 Å². The molecule has 17 nitrogen and oxygen atoms in total. The molecular weight excluding hydrogens is 652 g/mol. The first-order valence-corrected chi connectivity index (χ1v) is 15.3. The third-order valence-corrected chi connectivity index (χ3v) is 7.72. The molecule has 2 rings (SSSR count). The molecule has 0 unspecified atom stereocenters. The van der Waals surface area contributed by atoms with Crippen LogP contribution >= 0.6 is 11.8 Å². The Bertz CT molecular complexity index is 1170. The zero-order valence-electron chi connectivity index (χ0n) is 27.0. The van der Waals surface area contributed by atoms with Gasteiger partial charge in [0.2, 0.25) is 0 Å². The topological polar surface area (TPSA) is 212 Å². The highest BCUT2D eigenvalue weighted by Gasteiger charge is 2.57. The average Bonchev–Trinajstić information content (AvgIpc) is 2.94. The molecule has 0 aromatic heterocycles. The van der Waals surface area contributed by atoms with Crippen LogP contribution in [0.1, 0.15) is 48.5 Å². The summed E-state index contributed by atoms with van der Waals surface area (Å²) in [5, 5.41) is -1.16. The number of hydrogen-bond donors (Lipinski definition) is 0. The molecule has 264 valence electrons. The molecule has 0 aromatic rings. The molecule has 47 heavy (non-hydrogen) atoms. The standard InChI is InChI=1S/C29H40O17S/c1-9-10-37-28-27(25(43-18(7)35)23(41-16(5)33)20(45-28)11-38-13(2)30)47-29-26(44-19(8)36)24(42-17(6)34)22(40-15(4)32)21(46-29)12-39-14(3)31/h9,20-29H,1,10-12H2,2-8H3/t20-,21-,22-,23-,24+,25+,26-,27-,28+,29+/m1/s1. The summed E-state index contributed by atoms with van der Waals surface area (Å²) in [4.78, 5) is 84.6. The molecule has 0 amide bonds. The highest BCUT2D eigenvalue weighted by Crippen LogP contribution is 2.42. The molecule has 0 aromatic carbocycles. The summed E-state index contributed by atoms with van der Waals surface area (Å²) in [5.74, 6) is -5.45. The van der Waals surface area contributed by atoms with Crippen LogP contribution in [0.4, 0.5) is 0 Å². The van der Waals surface area contributed by atoms with Gasteiger partial charge in [0.05, 0.1) is 11.9 Å². The van der Waals surface area contributed by atoms with Crippen LogP contribution in [-0.2, 0) is 80.9 Å². The predicted molar refractivity (Wildman–Crippen MR) is 156 cm³/mol. The molecule has 0 aliphatic carbocycles. The van der Waals surface area contributed by atoms with Gasteiger partial charge in [0.15, 0.2) is 36.8 Å². The third-order valence-electron chi connectivity index (χ3n) is 6.26. The highest BCUT2D eigenvalue weighted by atomic mass is 32.2. The maximum absolute atomic E-state index is 12.4. The van der Waals surface area contributed by atoms with Crippen LogP contribution in [0.3, 0.4) is 0 Å². The SMILES string of the molecule is C=CCO[C@H]1O[C@H](COC(C)=O)[C@@H](OC(C)=O)[C@H](OC(C)=O)[C@H]1S[C@@H]1O[C@H](COC(C)=O)[C@@H](OC(C)=O)[C@H](OC(C)=O)[C@H]1OC(C)=O. The fraction of sp³-hybridized carbons (Fsp3) is 0.690. The van der Waals surface area contributed by atoms with Crippen LogP contribution in [0.25, 0.3) is 0 Å². The first-order chi connectivity index (χ1) is 22.0. The van der Waals surface area contributed by atoms with Crippen molar-refractivity contribution >= 4 is 53.5 Å². The van der Waals surface area contributed by atoms with Crippen LogP contribution in [-0.4, -0.2) is 121 Å². The second-order valence-electron chi connectivity index (χ2n) is 10.3. The van der Waals surface area contributed by atoms with Gasteiger partial charge in [-0.3, -0.25) is 33.6 Å². The van der Waals surface area contributed by atoms with E-state index in [0.717, 1.165) is 60.2 Å². The van der Waals surface area contributed by atoms with E-state index in [1.807, 2.05) is 0 Å². The summed E-state index contributed by atoms with van der Waals surface area (Å²) in [5.41, 5.74) is -1.35. The quantitative estimate of drug-likeness (QED) is 0.138. The van der Waals surface area contributed by atoms with Crippen molar-refractivity contribution in [2.75, 3.05) is 19.8 Å². The second kappa shape index (κ2) is 18.6. The molecule has 0 bridgehead atoms. The van der Waals surface area contributed by atoms with Gasteiger partial charge in [0.25, 0.3) is 0 Å². The van der Waals surface area contributed by atoms with Crippen molar-refractivity contribution in [1.82, 2.24) is 0 Å².